The Labute approximate surface area is 114 Å². The summed E-state index contributed by atoms with van der Waals surface area (Å²) in [4.78, 5) is 2.29. The molecule has 1 aliphatic carbocycles. The van der Waals surface area contributed by atoms with Crippen molar-refractivity contribution in [3.05, 3.63) is 28.8 Å². The second kappa shape index (κ2) is 5.47. The third kappa shape index (κ3) is 3.61. The maximum atomic E-state index is 6.11. The topological polar surface area (TPSA) is 38.5 Å². The lowest BCUT2D eigenvalue weighted by Crippen LogP contribution is -2.38. The van der Waals surface area contributed by atoms with Crippen LogP contribution in [0, 0.1) is 0 Å². The number of halogens is 1. The van der Waals surface area contributed by atoms with E-state index in [0.717, 1.165) is 48.7 Å². The van der Waals surface area contributed by atoms with Gasteiger partial charge in [0.25, 0.3) is 0 Å². The molecule has 0 saturated heterocycles. The molecule has 0 spiro atoms. The number of hydrogen-bond donors (Lipinski definition) is 1. The van der Waals surface area contributed by atoms with Gasteiger partial charge >= 0.3 is 0 Å². The summed E-state index contributed by atoms with van der Waals surface area (Å²) in [6, 6.07) is 5.75. The van der Waals surface area contributed by atoms with Gasteiger partial charge in [-0.2, -0.15) is 0 Å². The van der Waals surface area contributed by atoms with E-state index in [1.165, 1.54) is 0 Å². The van der Waals surface area contributed by atoms with Gasteiger partial charge in [0.05, 0.1) is 7.11 Å². The van der Waals surface area contributed by atoms with Crippen molar-refractivity contribution in [1.29, 1.82) is 0 Å². The molecular weight excluding hydrogens is 248 g/mol. The van der Waals surface area contributed by atoms with E-state index in [1.54, 1.807) is 7.11 Å². The summed E-state index contributed by atoms with van der Waals surface area (Å²) in [7, 11) is 3.81. The van der Waals surface area contributed by atoms with Gasteiger partial charge in [-0.05, 0) is 50.1 Å². The summed E-state index contributed by atoms with van der Waals surface area (Å²) in [5, 5.41) is 0.756. The predicted octanol–water partition coefficient (Wildman–Crippen LogP) is 2.31. The Hall–Kier alpha value is -0.770. The Balaban J connectivity index is 1.90. The third-order valence-corrected chi connectivity index (χ3v) is 3.72. The maximum Gasteiger partial charge on any atom is 0.122 e. The van der Waals surface area contributed by atoms with Crippen molar-refractivity contribution in [3.8, 4) is 5.75 Å². The van der Waals surface area contributed by atoms with Crippen molar-refractivity contribution in [1.82, 2.24) is 4.90 Å². The number of hydrogen-bond acceptors (Lipinski definition) is 3. The summed E-state index contributed by atoms with van der Waals surface area (Å²) in [6.07, 6.45) is 3.23. The largest absolute Gasteiger partial charge is 0.496 e. The second-order valence-electron chi connectivity index (χ2n) is 5.31. The van der Waals surface area contributed by atoms with Gasteiger partial charge in [-0.1, -0.05) is 11.6 Å². The smallest absolute Gasteiger partial charge is 0.122 e. The van der Waals surface area contributed by atoms with Crippen molar-refractivity contribution in [2.75, 3.05) is 27.2 Å². The molecule has 0 radical (unpaired) electrons. The fourth-order valence-corrected chi connectivity index (χ4v) is 2.38. The van der Waals surface area contributed by atoms with Gasteiger partial charge in [-0.15, -0.1) is 0 Å². The summed E-state index contributed by atoms with van der Waals surface area (Å²) in [5.74, 6) is 0.904. The van der Waals surface area contributed by atoms with Crippen molar-refractivity contribution in [3.63, 3.8) is 0 Å². The minimum Gasteiger partial charge on any atom is -0.496 e. The molecule has 1 aromatic carbocycles. The van der Waals surface area contributed by atoms with Crippen LogP contribution in [0.1, 0.15) is 18.4 Å². The lowest BCUT2D eigenvalue weighted by Gasteiger charge is -2.21. The van der Waals surface area contributed by atoms with Crippen LogP contribution in [0.2, 0.25) is 5.02 Å². The molecule has 0 heterocycles. The third-order valence-electron chi connectivity index (χ3n) is 3.48. The molecule has 0 atom stereocenters. The first-order chi connectivity index (χ1) is 8.52. The number of benzene rings is 1. The van der Waals surface area contributed by atoms with Crippen molar-refractivity contribution in [2.24, 2.45) is 5.73 Å². The zero-order valence-corrected chi connectivity index (χ0v) is 11.8. The quantitative estimate of drug-likeness (QED) is 0.861. The van der Waals surface area contributed by atoms with E-state index in [-0.39, 0.29) is 5.54 Å². The molecule has 100 valence electrons. The molecule has 18 heavy (non-hydrogen) atoms. The van der Waals surface area contributed by atoms with Crippen LogP contribution in [0.4, 0.5) is 0 Å². The first kappa shape index (κ1) is 13.7. The van der Waals surface area contributed by atoms with Gasteiger partial charge in [0.2, 0.25) is 0 Å². The van der Waals surface area contributed by atoms with Gasteiger partial charge < -0.3 is 15.4 Å². The molecule has 0 aliphatic heterocycles. The molecule has 0 bridgehead atoms. The highest BCUT2D eigenvalue weighted by Crippen LogP contribution is 2.32. The molecule has 2 rings (SSSR count). The van der Waals surface area contributed by atoms with Crippen LogP contribution in [-0.2, 0) is 6.42 Å². The number of likely N-dealkylation sites (N-methyl/N-ethyl adjacent to an activating group) is 1. The molecule has 0 amide bonds. The molecular formula is C14H21ClN2O. The zero-order valence-electron chi connectivity index (χ0n) is 11.1. The predicted molar refractivity (Wildman–Crippen MR) is 75.4 cm³/mol. The Morgan fingerprint density at radius 2 is 2.17 bits per heavy atom. The van der Waals surface area contributed by atoms with E-state index in [1.807, 2.05) is 18.2 Å². The zero-order chi connectivity index (χ0) is 13.2. The van der Waals surface area contributed by atoms with Crippen LogP contribution in [0.25, 0.3) is 0 Å². The fraction of sp³-hybridized carbons (Fsp3) is 0.571. The summed E-state index contributed by atoms with van der Waals surface area (Å²) in [6.45, 7) is 1.94. The Morgan fingerprint density at radius 1 is 1.44 bits per heavy atom. The molecule has 2 N–H and O–H groups in total. The average Bonchev–Trinajstić information content (AvgIpc) is 3.04. The van der Waals surface area contributed by atoms with Crippen LogP contribution >= 0.6 is 11.6 Å². The summed E-state index contributed by atoms with van der Waals surface area (Å²) in [5.41, 5.74) is 7.34. The van der Waals surface area contributed by atoms with Gasteiger partial charge in [0.15, 0.2) is 0 Å². The average molecular weight is 269 g/mol. The Morgan fingerprint density at radius 3 is 2.78 bits per heavy atom. The monoisotopic (exact) mass is 268 g/mol. The number of rotatable bonds is 6. The fourth-order valence-electron chi connectivity index (χ4n) is 2.19. The van der Waals surface area contributed by atoms with Crippen molar-refractivity contribution >= 4 is 11.6 Å². The number of ether oxygens (including phenoxy) is 1. The molecule has 1 aromatic rings. The van der Waals surface area contributed by atoms with Crippen LogP contribution in [0.3, 0.4) is 0 Å². The highest BCUT2D eigenvalue weighted by molar-refractivity contribution is 6.30. The summed E-state index contributed by atoms with van der Waals surface area (Å²) >= 11 is 6.02. The minimum absolute atomic E-state index is 0.0766. The van der Waals surface area contributed by atoms with E-state index in [9.17, 15) is 0 Å². The number of nitrogens with two attached hydrogens (primary N) is 1. The Bertz CT molecular complexity index is 418. The molecule has 1 fully saturated rings. The second-order valence-corrected chi connectivity index (χ2v) is 5.74. The van der Waals surface area contributed by atoms with Crippen LogP contribution in [0.5, 0.6) is 5.75 Å². The van der Waals surface area contributed by atoms with Gasteiger partial charge in [-0.3, -0.25) is 0 Å². The van der Waals surface area contributed by atoms with Crippen LogP contribution in [-0.4, -0.2) is 37.7 Å². The molecule has 1 saturated carbocycles. The normalized spacial score (nSPS) is 16.9. The van der Waals surface area contributed by atoms with Gasteiger partial charge in [-0.25, -0.2) is 0 Å². The minimum atomic E-state index is 0.0766. The molecule has 3 nitrogen and oxygen atoms in total. The van der Waals surface area contributed by atoms with E-state index in [2.05, 4.69) is 11.9 Å². The SMILES string of the molecule is COc1ccc(Cl)cc1CCN(C)CC1(N)CC1. The molecule has 0 unspecified atom stereocenters. The van der Waals surface area contributed by atoms with E-state index in [0.29, 0.717) is 0 Å². The van der Waals surface area contributed by atoms with Gasteiger partial charge in [0.1, 0.15) is 5.75 Å². The molecule has 4 heteroatoms. The van der Waals surface area contributed by atoms with Crippen molar-refractivity contribution in [2.45, 2.75) is 24.8 Å². The van der Waals surface area contributed by atoms with Crippen LogP contribution < -0.4 is 10.5 Å². The summed E-state index contributed by atoms with van der Waals surface area (Å²) < 4.78 is 5.34. The van der Waals surface area contributed by atoms with Crippen molar-refractivity contribution < 1.29 is 4.74 Å². The van der Waals surface area contributed by atoms with E-state index in [4.69, 9.17) is 22.1 Å². The van der Waals surface area contributed by atoms with Crippen LogP contribution in [0.15, 0.2) is 18.2 Å². The molecule has 0 aromatic heterocycles. The van der Waals surface area contributed by atoms with E-state index >= 15 is 0 Å². The molecule has 1 aliphatic rings. The van der Waals surface area contributed by atoms with Gasteiger partial charge in [0, 0.05) is 23.7 Å². The maximum absolute atomic E-state index is 6.11. The highest BCUT2D eigenvalue weighted by Gasteiger charge is 2.38. The lowest BCUT2D eigenvalue weighted by atomic mass is 10.1. The van der Waals surface area contributed by atoms with E-state index < -0.39 is 0 Å². The number of methoxy groups -OCH3 is 1. The first-order valence-electron chi connectivity index (χ1n) is 6.32. The number of nitrogens with zero attached hydrogens (tertiary/aromatic N) is 1. The Kier molecular flexibility index (Phi) is 4.15. The highest BCUT2D eigenvalue weighted by atomic mass is 35.5. The lowest BCUT2D eigenvalue weighted by molar-refractivity contribution is 0.304. The first-order valence-corrected chi connectivity index (χ1v) is 6.70. The standard InChI is InChI=1S/C14H21ClN2O/c1-17(10-14(16)6-7-14)8-5-11-9-12(15)3-4-13(11)18-2/h3-4,9H,5-8,10,16H2,1-2H3.